The molecule has 1 heterocycles. The van der Waals surface area contributed by atoms with Gasteiger partial charge in [0.2, 0.25) is 5.91 Å². The van der Waals surface area contributed by atoms with Crippen LogP contribution in [0.1, 0.15) is 45.7 Å². The van der Waals surface area contributed by atoms with Crippen LogP contribution in [0, 0.1) is 17.8 Å². The van der Waals surface area contributed by atoms with Gasteiger partial charge in [-0.15, -0.1) is 0 Å². The maximum atomic E-state index is 13.5. The van der Waals surface area contributed by atoms with Crippen LogP contribution in [-0.4, -0.2) is 17.6 Å². The molecule has 0 N–H and O–H groups in total. The summed E-state index contributed by atoms with van der Waals surface area (Å²) in [5.41, 5.74) is 0.570. The Morgan fingerprint density at radius 3 is 2.38 bits per heavy atom. The number of rotatable bonds is 1. The number of anilines is 1. The van der Waals surface area contributed by atoms with Gasteiger partial charge >= 0.3 is 6.09 Å². The number of halogens is 1. The van der Waals surface area contributed by atoms with E-state index >= 15 is 0 Å². The number of amides is 2. The van der Waals surface area contributed by atoms with E-state index in [9.17, 15) is 9.59 Å². The summed E-state index contributed by atoms with van der Waals surface area (Å²) < 4.78 is 6.47. The number of imide groups is 1. The molecule has 2 aromatic rings. The highest BCUT2D eigenvalue weighted by Crippen LogP contribution is 2.46. The number of carbonyl (C=O) groups is 2. The van der Waals surface area contributed by atoms with E-state index in [2.05, 4.69) is 27.8 Å². The van der Waals surface area contributed by atoms with Gasteiger partial charge < -0.3 is 4.74 Å². The number of carbonyl (C=O) groups excluding carboxylic acids is 2. The minimum absolute atomic E-state index is 0.313. The minimum atomic E-state index is -0.949. The molecule has 0 unspecified atom stereocenters. The molecule has 0 aliphatic carbocycles. The second-order valence-corrected chi connectivity index (χ2v) is 9.25. The lowest BCUT2D eigenvalue weighted by atomic mass is 9.73. The lowest BCUT2D eigenvalue weighted by Gasteiger charge is -2.28. The first-order valence-electron chi connectivity index (χ1n) is 9.48. The number of hydrogen-bond acceptors (Lipinski definition) is 3. The fourth-order valence-corrected chi connectivity index (χ4v) is 3.61. The average Bonchev–Trinajstić information content (AvgIpc) is 2.88. The molecule has 29 heavy (non-hydrogen) atoms. The van der Waals surface area contributed by atoms with Crippen LogP contribution in [0.25, 0.3) is 0 Å². The van der Waals surface area contributed by atoms with Crippen LogP contribution in [0.2, 0.25) is 0 Å². The van der Waals surface area contributed by atoms with E-state index in [1.807, 2.05) is 56.3 Å². The zero-order valence-corrected chi connectivity index (χ0v) is 18.8. The molecule has 2 atom stereocenters. The van der Waals surface area contributed by atoms with E-state index in [-0.39, 0.29) is 11.8 Å². The predicted octanol–water partition coefficient (Wildman–Crippen LogP) is 5.68. The number of benzene rings is 2. The van der Waals surface area contributed by atoms with Crippen molar-refractivity contribution in [3.8, 4) is 11.8 Å². The molecule has 0 bridgehead atoms. The van der Waals surface area contributed by atoms with E-state index in [0.29, 0.717) is 5.69 Å². The first-order valence-corrected chi connectivity index (χ1v) is 10.3. The van der Waals surface area contributed by atoms with Crippen LogP contribution in [0.5, 0.6) is 0 Å². The molecule has 2 aromatic carbocycles. The van der Waals surface area contributed by atoms with Crippen LogP contribution in [0.15, 0.2) is 53.0 Å². The van der Waals surface area contributed by atoms with Crippen LogP contribution >= 0.6 is 15.9 Å². The van der Waals surface area contributed by atoms with Crippen molar-refractivity contribution in [2.45, 2.75) is 45.6 Å². The van der Waals surface area contributed by atoms with Crippen LogP contribution in [0.4, 0.5) is 10.5 Å². The highest BCUT2D eigenvalue weighted by Gasteiger charge is 2.53. The molecule has 1 aliphatic heterocycles. The molecule has 0 fully saturated rings. The van der Waals surface area contributed by atoms with Crippen molar-refractivity contribution < 1.29 is 14.3 Å². The van der Waals surface area contributed by atoms with Crippen LogP contribution in [-0.2, 0) is 14.9 Å². The average molecular weight is 454 g/mol. The Bertz CT molecular complexity index is 1010. The van der Waals surface area contributed by atoms with Gasteiger partial charge in [0, 0.05) is 16.0 Å². The summed E-state index contributed by atoms with van der Waals surface area (Å²) in [6.45, 7) is 9.10. The molecule has 2 amide bonds. The van der Waals surface area contributed by atoms with E-state index in [4.69, 9.17) is 4.74 Å². The fourth-order valence-electron chi connectivity index (χ4n) is 3.34. The molecule has 0 saturated heterocycles. The molecule has 0 spiro atoms. The van der Waals surface area contributed by atoms with E-state index in [0.717, 1.165) is 20.5 Å². The van der Waals surface area contributed by atoms with Crippen molar-refractivity contribution in [2.24, 2.45) is 5.92 Å². The second kappa shape index (κ2) is 7.68. The highest BCUT2D eigenvalue weighted by molar-refractivity contribution is 9.10. The summed E-state index contributed by atoms with van der Waals surface area (Å²) in [5.74, 6) is 5.74. The molecule has 0 aromatic heterocycles. The molecule has 5 heteroatoms. The van der Waals surface area contributed by atoms with Crippen molar-refractivity contribution in [1.82, 2.24) is 0 Å². The van der Waals surface area contributed by atoms with E-state index in [1.54, 1.807) is 26.8 Å². The maximum Gasteiger partial charge on any atom is 0.421 e. The van der Waals surface area contributed by atoms with Gasteiger partial charge in [-0.1, -0.05) is 52.9 Å². The summed E-state index contributed by atoms with van der Waals surface area (Å²) in [7, 11) is 0. The molecule has 0 radical (unpaired) electrons. The first-order chi connectivity index (χ1) is 13.5. The Morgan fingerprint density at radius 2 is 1.76 bits per heavy atom. The molecular formula is C24H24BrNO3. The van der Waals surface area contributed by atoms with E-state index < -0.39 is 17.1 Å². The smallest absolute Gasteiger partial charge is 0.421 e. The molecule has 150 valence electrons. The van der Waals surface area contributed by atoms with Crippen molar-refractivity contribution in [1.29, 1.82) is 0 Å². The number of fused-ring (bicyclic) bond motifs is 1. The van der Waals surface area contributed by atoms with E-state index in [1.165, 1.54) is 0 Å². The third kappa shape index (κ3) is 4.09. The Hall–Kier alpha value is -2.58. The number of hydrogen-bond donors (Lipinski definition) is 0. The lowest BCUT2D eigenvalue weighted by Crippen LogP contribution is -2.46. The summed E-state index contributed by atoms with van der Waals surface area (Å²) >= 11 is 3.41. The van der Waals surface area contributed by atoms with Gasteiger partial charge in [-0.3, -0.25) is 4.79 Å². The van der Waals surface area contributed by atoms with Gasteiger partial charge in [0.05, 0.1) is 11.1 Å². The molecule has 0 saturated carbocycles. The Morgan fingerprint density at radius 1 is 1.14 bits per heavy atom. The number of para-hydroxylation sites is 1. The van der Waals surface area contributed by atoms with Crippen molar-refractivity contribution in [3.05, 3.63) is 64.1 Å². The fraction of sp³-hybridized carbons (Fsp3) is 0.333. The summed E-state index contributed by atoms with van der Waals surface area (Å²) in [4.78, 5) is 27.4. The van der Waals surface area contributed by atoms with Gasteiger partial charge in [-0.05, 0) is 63.6 Å². The van der Waals surface area contributed by atoms with Gasteiger partial charge in [-0.25, -0.2) is 9.69 Å². The zero-order valence-electron chi connectivity index (χ0n) is 17.2. The first kappa shape index (κ1) is 21.1. The minimum Gasteiger partial charge on any atom is -0.443 e. The summed E-state index contributed by atoms with van der Waals surface area (Å²) in [6, 6.07) is 15.0. The maximum absolute atomic E-state index is 13.5. The number of ether oxygens (including phenoxy) is 1. The SMILES string of the molecule is C[C@@H](C#Cc1ccc(Br)cc1)[C@@]1(C)C(=O)N(C(=O)OC(C)(C)C)c2ccccc21. The summed E-state index contributed by atoms with van der Waals surface area (Å²) in [5, 5.41) is 0. The molecule has 1 aliphatic rings. The molecular weight excluding hydrogens is 430 g/mol. The molecule has 4 nitrogen and oxygen atoms in total. The quantitative estimate of drug-likeness (QED) is 0.522. The summed E-state index contributed by atoms with van der Waals surface area (Å²) in [6.07, 6.45) is -0.660. The largest absolute Gasteiger partial charge is 0.443 e. The predicted molar refractivity (Wildman–Crippen MR) is 118 cm³/mol. The Balaban J connectivity index is 1.99. The second-order valence-electron chi connectivity index (χ2n) is 8.34. The zero-order chi connectivity index (χ0) is 21.4. The number of nitrogens with zero attached hydrogens (tertiary/aromatic N) is 1. The molecule has 3 rings (SSSR count). The highest BCUT2D eigenvalue weighted by atomic mass is 79.9. The normalized spacial score (nSPS) is 19.2. The van der Waals surface area contributed by atoms with Gasteiger partial charge in [0.15, 0.2) is 0 Å². The van der Waals surface area contributed by atoms with Gasteiger partial charge in [0.25, 0.3) is 0 Å². The third-order valence-corrected chi connectivity index (χ3v) is 5.60. The topological polar surface area (TPSA) is 46.6 Å². The Labute approximate surface area is 180 Å². The van der Waals surface area contributed by atoms with Crippen LogP contribution in [0.3, 0.4) is 0 Å². The monoisotopic (exact) mass is 453 g/mol. The standard InChI is InChI=1S/C24H24BrNO3/c1-16(10-11-17-12-14-18(25)15-13-17)24(5)19-8-6-7-9-20(19)26(21(24)27)22(28)29-23(2,3)4/h6-9,12-16H,1-5H3/t16-,24+/m0/s1. The van der Waals surface area contributed by atoms with Gasteiger partial charge in [-0.2, -0.15) is 0 Å². The van der Waals surface area contributed by atoms with Crippen molar-refractivity contribution in [3.63, 3.8) is 0 Å². The van der Waals surface area contributed by atoms with Crippen molar-refractivity contribution >= 4 is 33.6 Å². The third-order valence-electron chi connectivity index (χ3n) is 5.07. The van der Waals surface area contributed by atoms with Crippen LogP contribution < -0.4 is 4.90 Å². The lowest BCUT2D eigenvalue weighted by molar-refractivity contribution is -0.123. The van der Waals surface area contributed by atoms with Gasteiger partial charge in [0.1, 0.15) is 5.60 Å². The van der Waals surface area contributed by atoms with Crippen molar-refractivity contribution in [2.75, 3.05) is 4.90 Å². The Kier molecular flexibility index (Phi) is 5.60.